The number of benzene rings is 1. The van der Waals surface area contributed by atoms with E-state index in [9.17, 15) is 0 Å². The number of aromatic nitrogens is 1. The van der Waals surface area contributed by atoms with Gasteiger partial charge in [0.15, 0.2) is 5.76 Å². The largest absolute Gasteiger partial charge is 0.439 e. The van der Waals surface area contributed by atoms with E-state index in [1.165, 1.54) is 0 Å². The Hall–Kier alpha value is -0.400. The number of oxazole rings is 1. The molecule has 0 aliphatic heterocycles. The number of hydrogen-bond acceptors (Lipinski definition) is 3. The third-order valence-electron chi connectivity index (χ3n) is 2.52. The van der Waals surface area contributed by atoms with Crippen molar-refractivity contribution in [2.45, 2.75) is 32.9 Å². The molecule has 0 saturated heterocycles. The summed E-state index contributed by atoms with van der Waals surface area (Å²) in [5, 5.41) is 3.36. The summed E-state index contributed by atoms with van der Waals surface area (Å²) in [6.07, 6.45) is 1.78. The van der Waals surface area contributed by atoms with E-state index in [0.717, 1.165) is 19.4 Å². The molecule has 1 N–H and O–H groups in total. The van der Waals surface area contributed by atoms with Crippen molar-refractivity contribution in [2.24, 2.45) is 0 Å². The van der Waals surface area contributed by atoms with Crippen LogP contribution in [0.3, 0.4) is 0 Å². The maximum absolute atomic E-state index is 5.80. The van der Waals surface area contributed by atoms with Gasteiger partial charge < -0.3 is 9.73 Å². The molecule has 1 heterocycles. The lowest BCUT2D eigenvalue weighted by molar-refractivity contribution is 0.383. The first-order chi connectivity index (χ1) is 8.85. The van der Waals surface area contributed by atoms with Gasteiger partial charge in [-0.15, -0.1) is 0 Å². The maximum Gasteiger partial charge on any atom is 0.208 e. The van der Waals surface area contributed by atoms with Crippen molar-refractivity contribution in [3.8, 4) is 11.3 Å². The fourth-order valence-corrected chi connectivity index (χ4v) is 2.51. The van der Waals surface area contributed by atoms with Gasteiger partial charge in [0.1, 0.15) is 0 Å². The van der Waals surface area contributed by atoms with E-state index in [-0.39, 0.29) is 5.54 Å². The topological polar surface area (TPSA) is 38.1 Å². The van der Waals surface area contributed by atoms with E-state index in [0.29, 0.717) is 12.4 Å². The molecule has 2 rings (SSSR count). The van der Waals surface area contributed by atoms with Crippen molar-refractivity contribution < 1.29 is 4.42 Å². The highest BCUT2D eigenvalue weighted by molar-refractivity contribution is 14.1. The molecule has 0 aliphatic carbocycles. The van der Waals surface area contributed by atoms with Gasteiger partial charge in [-0.2, -0.15) is 0 Å². The molecule has 1 aromatic carbocycles. The van der Waals surface area contributed by atoms with E-state index in [2.05, 4.69) is 75.7 Å². The Labute approximate surface area is 135 Å². The first-order valence-electron chi connectivity index (χ1n) is 6.00. The second-order valence-corrected chi connectivity index (χ2v) is 7.42. The Morgan fingerprint density at radius 1 is 1.37 bits per heavy atom. The molecule has 0 bridgehead atoms. The summed E-state index contributed by atoms with van der Waals surface area (Å²) in [6, 6.07) is 6.11. The zero-order valence-electron chi connectivity index (χ0n) is 11.1. The summed E-state index contributed by atoms with van der Waals surface area (Å²) < 4.78 is 7.98. The van der Waals surface area contributed by atoms with Crippen LogP contribution in [0.25, 0.3) is 11.3 Å². The molecule has 0 saturated carbocycles. The van der Waals surface area contributed by atoms with Crippen molar-refractivity contribution in [3.63, 3.8) is 0 Å². The molecular formula is C14H16BrIN2O. The molecule has 2 aromatic rings. The van der Waals surface area contributed by atoms with Gasteiger partial charge in [0.25, 0.3) is 0 Å². The van der Waals surface area contributed by atoms with E-state index < -0.39 is 0 Å². The molecule has 0 aliphatic rings. The highest BCUT2D eigenvalue weighted by Crippen LogP contribution is 2.28. The van der Waals surface area contributed by atoms with Gasteiger partial charge in [0.2, 0.25) is 5.89 Å². The van der Waals surface area contributed by atoms with Crippen molar-refractivity contribution in [1.82, 2.24) is 10.3 Å². The molecule has 3 nitrogen and oxygen atoms in total. The minimum Gasteiger partial charge on any atom is -0.439 e. The van der Waals surface area contributed by atoms with Crippen LogP contribution in [-0.4, -0.2) is 10.5 Å². The SMILES string of the molecule is CC(C)(C)NCc1ncc(-c2cc(Br)ccc2I)o1. The standard InChI is InChI=1S/C14H16BrIN2O/c1-14(2,3)18-8-13-17-7-12(19-13)10-6-9(15)4-5-11(10)16/h4-7,18H,8H2,1-3H3. The summed E-state index contributed by atoms with van der Waals surface area (Å²) in [5.41, 5.74) is 1.11. The average molecular weight is 435 g/mol. The molecule has 0 amide bonds. The molecular weight excluding hydrogens is 419 g/mol. The molecule has 0 unspecified atom stereocenters. The van der Waals surface area contributed by atoms with Gasteiger partial charge >= 0.3 is 0 Å². The monoisotopic (exact) mass is 434 g/mol. The maximum atomic E-state index is 5.80. The predicted molar refractivity (Wildman–Crippen MR) is 88.9 cm³/mol. The van der Waals surface area contributed by atoms with Crippen molar-refractivity contribution in [2.75, 3.05) is 0 Å². The van der Waals surface area contributed by atoms with E-state index in [1.807, 2.05) is 12.1 Å². The number of hydrogen-bond donors (Lipinski definition) is 1. The lowest BCUT2D eigenvalue weighted by atomic mass is 10.1. The molecule has 0 radical (unpaired) electrons. The van der Waals surface area contributed by atoms with Gasteiger partial charge in [-0.3, -0.25) is 0 Å². The summed E-state index contributed by atoms with van der Waals surface area (Å²) in [6.45, 7) is 6.99. The third-order valence-corrected chi connectivity index (χ3v) is 3.95. The van der Waals surface area contributed by atoms with Crippen LogP contribution in [0.1, 0.15) is 26.7 Å². The van der Waals surface area contributed by atoms with Gasteiger partial charge in [-0.1, -0.05) is 15.9 Å². The van der Waals surface area contributed by atoms with Gasteiger partial charge in [-0.25, -0.2) is 4.98 Å². The lowest BCUT2D eigenvalue weighted by Crippen LogP contribution is -2.35. The van der Waals surface area contributed by atoms with Crippen LogP contribution in [0.4, 0.5) is 0 Å². The average Bonchev–Trinajstić information content (AvgIpc) is 2.77. The number of halogens is 2. The lowest BCUT2D eigenvalue weighted by Gasteiger charge is -2.18. The van der Waals surface area contributed by atoms with Crippen LogP contribution in [0.2, 0.25) is 0 Å². The molecule has 1 aromatic heterocycles. The minimum absolute atomic E-state index is 0.0544. The van der Waals surface area contributed by atoms with E-state index in [1.54, 1.807) is 6.20 Å². The molecule has 102 valence electrons. The highest BCUT2D eigenvalue weighted by atomic mass is 127. The Balaban J connectivity index is 2.19. The molecule has 0 spiro atoms. The molecule has 0 fully saturated rings. The van der Waals surface area contributed by atoms with Crippen LogP contribution in [-0.2, 0) is 6.54 Å². The second-order valence-electron chi connectivity index (χ2n) is 5.35. The smallest absolute Gasteiger partial charge is 0.208 e. The van der Waals surface area contributed by atoms with Crippen molar-refractivity contribution >= 4 is 38.5 Å². The van der Waals surface area contributed by atoms with Crippen LogP contribution < -0.4 is 5.32 Å². The second kappa shape index (κ2) is 5.93. The fourth-order valence-electron chi connectivity index (χ4n) is 1.54. The van der Waals surface area contributed by atoms with Gasteiger partial charge in [0, 0.05) is 19.1 Å². The highest BCUT2D eigenvalue weighted by Gasteiger charge is 2.13. The van der Waals surface area contributed by atoms with Crippen LogP contribution in [0.15, 0.2) is 33.3 Å². The number of nitrogens with zero attached hydrogens (tertiary/aromatic N) is 1. The van der Waals surface area contributed by atoms with Gasteiger partial charge in [0.05, 0.1) is 12.7 Å². The summed E-state index contributed by atoms with van der Waals surface area (Å²) in [4.78, 5) is 4.32. The molecule has 19 heavy (non-hydrogen) atoms. The summed E-state index contributed by atoms with van der Waals surface area (Å²) in [7, 11) is 0. The Kier molecular flexibility index (Phi) is 4.68. The van der Waals surface area contributed by atoms with Gasteiger partial charge in [-0.05, 0) is 61.6 Å². The first kappa shape index (κ1) is 15.0. The Morgan fingerprint density at radius 3 is 2.79 bits per heavy atom. The zero-order valence-corrected chi connectivity index (χ0v) is 14.9. The zero-order chi connectivity index (χ0) is 14.0. The van der Waals surface area contributed by atoms with Crippen molar-refractivity contribution in [3.05, 3.63) is 38.3 Å². The summed E-state index contributed by atoms with van der Waals surface area (Å²) >= 11 is 5.78. The number of rotatable bonds is 3. The predicted octanol–water partition coefficient (Wildman–Crippen LogP) is 4.60. The molecule has 5 heteroatoms. The quantitative estimate of drug-likeness (QED) is 0.717. The van der Waals surface area contributed by atoms with E-state index in [4.69, 9.17) is 4.42 Å². The van der Waals surface area contributed by atoms with Crippen molar-refractivity contribution in [1.29, 1.82) is 0 Å². The van der Waals surface area contributed by atoms with Crippen LogP contribution in [0.5, 0.6) is 0 Å². The van der Waals surface area contributed by atoms with Crippen LogP contribution in [0, 0.1) is 3.57 Å². The van der Waals surface area contributed by atoms with E-state index >= 15 is 0 Å². The normalized spacial score (nSPS) is 11.8. The minimum atomic E-state index is 0.0544. The first-order valence-corrected chi connectivity index (χ1v) is 7.87. The fraction of sp³-hybridized carbons (Fsp3) is 0.357. The Morgan fingerprint density at radius 2 is 2.11 bits per heavy atom. The summed E-state index contributed by atoms with van der Waals surface area (Å²) in [5.74, 6) is 1.51. The molecule has 0 atom stereocenters. The number of nitrogens with one attached hydrogen (secondary N) is 1. The Bertz CT molecular complexity index is 575. The third kappa shape index (κ3) is 4.29. The van der Waals surface area contributed by atoms with Crippen LogP contribution >= 0.6 is 38.5 Å².